The summed E-state index contributed by atoms with van der Waals surface area (Å²) in [5.74, 6) is 0. The van der Waals surface area contributed by atoms with Crippen LogP contribution in [-0.4, -0.2) is 6.54 Å². The van der Waals surface area contributed by atoms with E-state index in [0.29, 0.717) is 6.54 Å². The third-order valence-electron chi connectivity index (χ3n) is 1.13. The maximum absolute atomic E-state index is 8.21. The number of rotatable bonds is 3. The van der Waals surface area contributed by atoms with Crippen molar-refractivity contribution in [2.45, 2.75) is 6.54 Å². The third kappa shape index (κ3) is 2.89. The van der Waals surface area contributed by atoms with Crippen molar-refractivity contribution in [3.63, 3.8) is 0 Å². The van der Waals surface area contributed by atoms with Gasteiger partial charge in [-0.15, -0.1) is 11.3 Å². The molecule has 1 N–H and O–H groups in total. The van der Waals surface area contributed by atoms with Gasteiger partial charge in [0.1, 0.15) is 0 Å². The van der Waals surface area contributed by atoms with Gasteiger partial charge in [-0.1, -0.05) is 11.6 Å². The Bertz CT molecular complexity index is 264. The molecule has 58 valence electrons. The summed E-state index contributed by atoms with van der Waals surface area (Å²) in [4.78, 5) is 1.16. The van der Waals surface area contributed by atoms with Gasteiger partial charge in [-0.3, -0.25) is 5.32 Å². The number of thiophene rings is 1. The van der Waals surface area contributed by atoms with E-state index in [1.807, 2.05) is 18.2 Å². The van der Waals surface area contributed by atoms with Gasteiger partial charge in [0.25, 0.3) is 0 Å². The van der Waals surface area contributed by atoms with Crippen LogP contribution in [0, 0.1) is 11.3 Å². The molecule has 4 heteroatoms. The van der Waals surface area contributed by atoms with E-state index in [1.165, 1.54) is 11.3 Å². The van der Waals surface area contributed by atoms with E-state index in [2.05, 4.69) is 5.32 Å². The second-order valence-corrected chi connectivity index (χ2v) is 3.77. The molecule has 0 saturated heterocycles. The monoisotopic (exact) mass is 186 g/mol. The van der Waals surface area contributed by atoms with Gasteiger partial charge in [0.05, 0.1) is 17.0 Å². The summed E-state index contributed by atoms with van der Waals surface area (Å²) < 4.78 is 0.791. The molecule has 1 rings (SSSR count). The molecule has 1 aromatic heterocycles. The Morgan fingerprint density at radius 2 is 2.45 bits per heavy atom. The van der Waals surface area contributed by atoms with Crippen molar-refractivity contribution in [1.82, 2.24) is 5.32 Å². The molecule has 1 aromatic rings. The third-order valence-corrected chi connectivity index (χ3v) is 2.36. The van der Waals surface area contributed by atoms with E-state index >= 15 is 0 Å². The predicted molar refractivity (Wildman–Crippen MR) is 46.6 cm³/mol. The summed E-state index contributed by atoms with van der Waals surface area (Å²) >= 11 is 7.23. The summed E-state index contributed by atoms with van der Waals surface area (Å²) in [6, 6.07) is 5.82. The molecular formula is C7H7ClN2S. The van der Waals surface area contributed by atoms with Gasteiger partial charge >= 0.3 is 0 Å². The minimum atomic E-state index is 0.384. The molecule has 11 heavy (non-hydrogen) atoms. The zero-order valence-corrected chi connectivity index (χ0v) is 7.37. The molecule has 0 aliphatic heterocycles. The Kier molecular flexibility index (Phi) is 3.37. The molecule has 0 bridgehead atoms. The lowest BCUT2D eigenvalue weighted by Gasteiger charge is -1.93. The van der Waals surface area contributed by atoms with E-state index in [9.17, 15) is 0 Å². The Morgan fingerprint density at radius 3 is 3.00 bits per heavy atom. The van der Waals surface area contributed by atoms with Crippen LogP contribution >= 0.6 is 22.9 Å². The highest BCUT2D eigenvalue weighted by Gasteiger charge is 1.95. The molecule has 0 aliphatic rings. The Hall–Kier alpha value is -0.560. The smallest absolute Gasteiger partial charge is 0.0931 e. The van der Waals surface area contributed by atoms with Crippen LogP contribution in [0.1, 0.15) is 4.88 Å². The van der Waals surface area contributed by atoms with Crippen LogP contribution in [0.25, 0.3) is 0 Å². The molecule has 0 aliphatic carbocycles. The van der Waals surface area contributed by atoms with Gasteiger partial charge in [-0.2, -0.15) is 5.26 Å². The second kappa shape index (κ2) is 4.35. The normalized spacial score (nSPS) is 9.45. The lowest BCUT2D eigenvalue weighted by molar-refractivity contribution is 0.776. The lowest BCUT2D eigenvalue weighted by Crippen LogP contribution is -2.11. The van der Waals surface area contributed by atoms with Crippen LogP contribution in [0.4, 0.5) is 0 Å². The average Bonchev–Trinajstić information content (AvgIpc) is 2.37. The Labute approximate surface area is 74.4 Å². The van der Waals surface area contributed by atoms with Gasteiger partial charge in [0.2, 0.25) is 0 Å². The van der Waals surface area contributed by atoms with E-state index < -0.39 is 0 Å². The zero-order chi connectivity index (χ0) is 8.10. The number of halogens is 1. The number of hydrogen-bond donors (Lipinski definition) is 1. The van der Waals surface area contributed by atoms with Gasteiger partial charge in [-0.25, -0.2) is 0 Å². The first-order valence-electron chi connectivity index (χ1n) is 3.15. The van der Waals surface area contributed by atoms with Crippen LogP contribution in [0.2, 0.25) is 4.34 Å². The predicted octanol–water partition coefficient (Wildman–Crippen LogP) is 2.01. The number of nitriles is 1. The number of nitrogens with zero attached hydrogens (tertiary/aromatic N) is 1. The molecule has 0 unspecified atom stereocenters. The van der Waals surface area contributed by atoms with E-state index in [1.54, 1.807) is 0 Å². The molecular weight excluding hydrogens is 180 g/mol. The van der Waals surface area contributed by atoms with Gasteiger partial charge < -0.3 is 0 Å². The lowest BCUT2D eigenvalue weighted by atomic mass is 10.4. The standard InChI is InChI=1S/C7H7ClN2S/c8-7-2-1-6(11-7)5-10-4-3-9/h1-2,10H,4-5H2. The highest BCUT2D eigenvalue weighted by Crippen LogP contribution is 2.20. The first-order valence-corrected chi connectivity index (χ1v) is 4.34. The van der Waals surface area contributed by atoms with Crippen molar-refractivity contribution in [2.75, 3.05) is 6.54 Å². The Morgan fingerprint density at radius 1 is 1.64 bits per heavy atom. The minimum absolute atomic E-state index is 0.384. The molecule has 0 amide bonds. The number of nitrogens with one attached hydrogen (secondary N) is 1. The van der Waals surface area contributed by atoms with Crippen molar-refractivity contribution in [3.8, 4) is 6.07 Å². The van der Waals surface area contributed by atoms with Crippen molar-refractivity contribution >= 4 is 22.9 Å². The van der Waals surface area contributed by atoms with Crippen LogP contribution in [0.5, 0.6) is 0 Å². The summed E-state index contributed by atoms with van der Waals surface area (Å²) in [6.07, 6.45) is 0. The highest BCUT2D eigenvalue weighted by molar-refractivity contribution is 7.16. The van der Waals surface area contributed by atoms with Crippen LogP contribution < -0.4 is 5.32 Å². The quantitative estimate of drug-likeness (QED) is 0.579. The van der Waals surface area contributed by atoms with Crippen molar-refractivity contribution < 1.29 is 0 Å². The molecule has 0 radical (unpaired) electrons. The molecule has 0 saturated carbocycles. The van der Waals surface area contributed by atoms with Gasteiger partial charge in [0, 0.05) is 11.4 Å². The van der Waals surface area contributed by atoms with Crippen LogP contribution in [-0.2, 0) is 6.54 Å². The summed E-state index contributed by atoms with van der Waals surface area (Å²) in [5, 5.41) is 11.2. The van der Waals surface area contributed by atoms with E-state index in [4.69, 9.17) is 16.9 Å². The van der Waals surface area contributed by atoms with E-state index in [0.717, 1.165) is 15.8 Å². The minimum Gasteiger partial charge on any atom is -0.300 e. The molecule has 0 fully saturated rings. The van der Waals surface area contributed by atoms with Gasteiger partial charge in [-0.05, 0) is 12.1 Å². The van der Waals surface area contributed by atoms with E-state index in [-0.39, 0.29) is 0 Å². The fraction of sp³-hybridized carbons (Fsp3) is 0.286. The van der Waals surface area contributed by atoms with Crippen molar-refractivity contribution in [2.24, 2.45) is 0 Å². The SMILES string of the molecule is N#CCNCc1ccc(Cl)s1. The first kappa shape index (κ1) is 8.54. The zero-order valence-electron chi connectivity index (χ0n) is 5.80. The average molecular weight is 187 g/mol. The first-order chi connectivity index (χ1) is 5.33. The second-order valence-electron chi connectivity index (χ2n) is 1.97. The number of hydrogen-bond acceptors (Lipinski definition) is 3. The molecule has 0 aromatic carbocycles. The maximum Gasteiger partial charge on any atom is 0.0931 e. The molecule has 2 nitrogen and oxygen atoms in total. The molecule has 1 heterocycles. The summed E-state index contributed by atoms with van der Waals surface area (Å²) in [6.45, 7) is 1.11. The fourth-order valence-electron chi connectivity index (χ4n) is 0.688. The Balaban J connectivity index is 2.34. The largest absolute Gasteiger partial charge is 0.300 e. The van der Waals surface area contributed by atoms with Crippen molar-refractivity contribution in [3.05, 3.63) is 21.3 Å². The van der Waals surface area contributed by atoms with Crippen LogP contribution in [0.15, 0.2) is 12.1 Å². The molecule has 0 atom stereocenters. The summed E-state index contributed by atoms with van der Waals surface area (Å²) in [7, 11) is 0. The topological polar surface area (TPSA) is 35.8 Å². The summed E-state index contributed by atoms with van der Waals surface area (Å²) in [5.41, 5.74) is 0. The van der Waals surface area contributed by atoms with Crippen LogP contribution in [0.3, 0.4) is 0 Å². The maximum atomic E-state index is 8.21. The van der Waals surface area contributed by atoms with Gasteiger partial charge in [0.15, 0.2) is 0 Å². The fourth-order valence-corrected chi connectivity index (χ4v) is 1.75. The molecule has 0 spiro atoms. The highest BCUT2D eigenvalue weighted by atomic mass is 35.5. The van der Waals surface area contributed by atoms with Crippen molar-refractivity contribution in [1.29, 1.82) is 5.26 Å².